The number of hydrogen-bond donors (Lipinski definition) is 1. The third-order valence-electron chi connectivity index (χ3n) is 2.51. The van der Waals surface area contributed by atoms with Gasteiger partial charge in [-0.05, 0) is 25.1 Å². The maximum Gasteiger partial charge on any atom is 0.339 e. The van der Waals surface area contributed by atoms with Crippen molar-refractivity contribution in [2.45, 2.75) is 13.5 Å². The molecule has 2 rings (SSSR count). The molecule has 0 aliphatic heterocycles. The Morgan fingerprint density at radius 2 is 2.32 bits per heavy atom. The van der Waals surface area contributed by atoms with Crippen LogP contribution in [0.25, 0.3) is 0 Å². The number of thiazole rings is 1. The van der Waals surface area contributed by atoms with Gasteiger partial charge in [0.25, 0.3) is 0 Å². The number of anilines is 1. The van der Waals surface area contributed by atoms with Crippen LogP contribution in [0.5, 0.6) is 0 Å². The highest BCUT2D eigenvalue weighted by Crippen LogP contribution is 2.19. The van der Waals surface area contributed by atoms with E-state index in [-0.39, 0.29) is 0 Å². The van der Waals surface area contributed by atoms with Gasteiger partial charge in [-0.2, -0.15) is 0 Å². The minimum atomic E-state index is -0.503. The monoisotopic (exact) mass is 280 g/mol. The number of carbonyl (C=O) groups is 1. The topological polar surface area (TPSA) is 51.2 Å². The van der Waals surface area contributed by atoms with E-state index in [1.165, 1.54) is 25.3 Å². The molecule has 2 aromatic rings. The first-order chi connectivity index (χ1) is 9.10. The summed E-state index contributed by atoms with van der Waals surface area (Å²) in [5.74, 6) is -0.915. The van der Waals surface area contributed by atoms with Crippen molar-refractivity contribution in [3.8, 4) is 0 Å². The molecule has 19 heavy (non-hydrogen) atoms. The molecule has 4 nitrogen and oxygen atoms in total. The van der Waals surface area contributed by atoms with Gasteiger partial charge in [0.15, 0.2) is 0 Å². The zero-order valence-corrected chi connectivity index (χ0v) is 11.4. The first kappa shape index (κ1) is 13.5. The van der Waals surface area contributed by atoms with Gasteiger partial charge in [-0.1, -0.05) is 0 Å². The second kappa shape index (κ2) is 5.79. The maximum atomic E-state index is 13.2. The van der Waals surface area contributed by atoms with Crippen LogP contribution in [0.2, 0.25) is 0 Å². The van der Waals surface area contributed by atoms with Gasteiger partial charge < -0.3 is 10.1 Å². The van der Waals surface area contributed by atoms with Gasteiger partial charge in [0.1, 0.15) is 5.82 Å². The molecule has 0 amide bonds. The Morgan fingerprint density at radius 1 is 1.53 bits per heavy atom. The van der Waals surface area contributed by atoms with Crippen molar-refractivity contribution in [2.75, 3.05) is 12.4 Å². The van der Waals surface area contributed by atoms with E-state index in [0.29, 0.717) is 17.8 Å². The molecular formula is C13H13FN2O2S. The predicted octanol–water partition coefficient (Wildman–Crippen LogP) is 2.99. The summed E-state index contributed by atoms with van der Waals surface area (Å²) < 4.78 is 17.9. The molecule has 1 heterocycles. The number of carbonyl (C=O) groups excluding carboxylic acids is 1. The van der Waals surface area contributed by atoms with Crippen LogP contribution in [-0.4, -0.2) is 18.1 Å². The molecule has 1 aromatic heterocycles. The van der Waals surface area contributed by atoms with Crippen LogP contribution in [0.4, 0.5) is 10.1 Å². The van der Waals surface area contributed by atoms with Gasteiger partial charge in [-0.15, -0.1) is 11.3 Å². The van der Waals surface area contributed by atoms with Crippen LogP contribution in [0, 0.1) is 12.7 Å². The minimum absolute atomic E-state index is 0.302. The Bertz CT molecular complexity index is 598. The zero-order valence-electron chi connectivity index (χ0n) is 10.6. The molecule has 100 valence electrons. The highest BCUT2D eigenvalue weighted by molar-refractivity contribution is 7.09. The standard InChI is InChI=1S/C13H13FN2O2S/c1-8-16-10(7-19-8)6-15-12-5-9(14)3-4-11(12)13(17)18-2/h3-5,7,15H,6H2,1-2H3. The number of ether oxygens (including phenoxy) is 1. The van der Waals surface area contributed by atoms with Crippen molar-refractivity contribution in [2.24, 2.45) is 0 Å². The van der Waals surface area contributed by atoms with Gasteiger partial charge in [0.2, 0.25) is 0 Å². The molecule has 1 N–H and O–H groups in total. The van der Waals surface area contributed by atoms with E-state index in [4.69, 9.17) is 0 Å². The number of halogens is 1. The van der Waals surface area contributed by atoms with E-state index in [0.717, 1.165) is 10.7 Å². The molecule has 6 heteroatoms. The third-order valence-corrected chi connectivity index (χ3v) is 3.34. The summed E-state index contributed by atoms with van der Waals surface area (Å²) in [7, 11) is 1.29. The lowest BCUT2D eigenvalue weighted by molar-refractivity contribution is 0.0602. The van der Waals surface area contributed by atoms with Crippen molar-refractivity contribution in [1.82, 2.24) is 4.98 Å². The molecule has 0 atom stereocenters. The summed E-state index contributed by atoms with van der Waals surface area (Å²) in [6.45, 7) is 2.34. The van der Waals surface area contributed by atoms with Gasteiger partial charge in [0, 0.05) is 5.38 Å². The maximum absolute atomic E-state index is 13.2. The number of esters is 1. The molecule has 0 bridgehead atoms. The summed E-state index contributed by atoms with van der Waals surface area (Å²) in [6.07, 6.45) is 0. The second-order valence-corrected chi connectivity index (χ2v) is 4.96. The highest BCUT2D eigenvalue weighted by atomic mass is 32.1. The van der Waals surface area contributed by atoms with Gasteiger partial charge in [0.05, 0.1) is 35.6 Å². The number of rotatable bonds is 4. The largest absolute Gasteiger partial charge is 0.465 e. The quantitative estimate of drug-likeness (QED) is 0.875. The van der Waals surface area contributed by atoms with Crippen molar-refractivity contribution in [3.63, 3.8) is 0 Å². The van der Waals surface area contributed by atoms with E-state index in [1.54, 1.807) is 11.3 Å². The number of nitrogens with one attached hydrogen (secondary N) is 1. The molecule has 0 aliphatic rings. The molecular weight excluding hydrogens is 267 g/mol. The van der Waals surface area contributed by atoms with Gasteiger partial charge >= 0.3 is 5.97 Å². The number of benzene rings is 1. The van der Waals surface area contributed by atoms with Crippen LogP contribution < -0.4 is 5.32 Å². The van der Waals surface area contributed by atoms with E-state index in [9.17, 15) is 9.18 Å². The average Bonchev–Trinajstić information content (AvgIpc) is 2.81. The fourth-order valence-electron chi connectivity index (χ4n) is 1.63. The summed E-state index contributed by atoms with van der Waals surface area (Å²) in [5, 5.41) is 5.88. The van der Waals surface area contributed by atoms with Crippen LogP contribution in [0.3, 0.4) is 0 Å². The van der Waals surface area contributed by atoms with Crippen molar-refractivity contribution in [1.29, 1.82) is 0 Å². The summed E-state index contributed by atoms with van der Waals surface area (Å²) in [5.41, 5.74) is 1.55. The molecule has 0 unspecified atom stereocenters. The fraction of sp³-hybridized carbons (Fsp3) is 0.231. The van der Waals surface area contributed by atoms with E-state index >= 15 is 0 Å². The van der Waals surface area contributed by atoms with Crippen LogP contribution >= 0.6 is 11.3 Å². The highest BCUT2D eigenvalue weighted by Gasteiger charge is 2.12. The van der Waals surface area contributed by atoms with Gasteiger partial charge in [-0.3, -0.25) is 0 Å². The second-order valence-electron chi connectivity index (χ2n) is 3.89. The molecule has 0 spiro atoms. The summed E-state index contributed by atoms with van der Waals surface area (Å²) >= 11 is 1.54. The predicted molar refractivity (Wildman–Crippen MR) is 71.9 cm³/mol. The Balaban J connectivity index is 2.18. The van der Waals surface area contributed by atoms with Crippen LogP contribution in [0.15, 0.2) is 23.6 Å². The van der Waals surface area contributed by atoms with E-state index in [2.05, 4.69) is 15.0 Å². The lowest BCUT2D eigenvalue weighted by Crippen LogP contribution is -2.09. The van der Waals surface area contributed by atoms with E-state index < -0.39 is 11.8 Å². The zero-order chi connectivity index (χ0) is 13.8. The Labute approximate surface area is 114 Å². The lowest BCUT2D eigenvalue weighted by atomic mass is 10.1. The molecule has 1 aromatic carbocycles. The molecule has 0 saturated heterocycles. The molecule has 0 fully saturated rings. The Kier molecular flexibility index (Phi) is 4.11. The number of aromatic nitrogens is 1. The Morgan fingerprint density at radius 3 is 2.95 bits per heavy atom. The third kappa shape index (κ3) is 3.29. The lowest BCUT2D eigenvalue weighted by Gasteiger charge is -2.09. The minimum Gasteiger partial charge on any atom is -0.465 e. The summed E-state index contributed by atoms with van der Waals surface area (Å²) in [6, 6.07) is 3.89. The smallest absolute Gasteiger partial charge is 0.339 e. The molecule has 0 radical (unpaired) electrons. The number of aryl methyl sites for hydroxylation is 1. The first-order valence-corrected chi connectivity index (χ1v) is 6.51. The Hall–Kier alpha value is -1.95. The van der Waals surface area contributed by atoms with Crippen LogP contribution in [0.1, 0.15) is 21.1 Å². The number of hydrogen-bond acceptors (Lipinski definition) is 5. The number of methoxy groups -OCH3 is 1. The fourth-order valence-corrected chi connectivity index (χ4v) is 2.24. The first-order valence-electron chi connectivity index (χ1n) is 5.63. The van der Waals surface area contributed by atoms with Crippen molar-refractivity contribution in [3.05, 3.63) is 45.7 Å². The van der Waals surface area contributed by atoms with Crippen molar-refractivity contribution < 1.29 is 13.9 Å². The van der Waals surface area contributed by atoms with Crippen molar-refractivity contribution >= 4 is 23.0 Å². The van der Waals surface area contributed by atoms with Gasteiger partial charge in [-0.25, -0.2) is 14.2 Å². The average molecular weight is 280 g/mol. The molecule has 0 saturated carbocycles. The normalized spacial score (nSPS) is 10.3. The molecule has 0 aliphatic carbocycles. The number of nitrogens with zero attached hydrogens (tertiary/aromatic N) is 1. The van der Waals surface area contributed by atoms with Crippen LogP contribution in [-0.2, 0) is 11.3 Å². The summed E-state index contributed by atoms with van der Waals surface area (Å²) in [4.78, 5) is 15.9. The van der Waals surface area contributed by atoms with E-state index in [1.807, 2.05) is 12.3 Å². The SMILES string of the molecule is COC(=O)c1ccc(F)cc1NCc1csc(C)n1.